The molecule has 0 saturated heterocycles. The molecule has 0 aliphatic carbocycles. The van der Waals surface area contributed by atoms with E-state index in [9.17, 15) is 9.90 Å². The highest BCUT2D eigenvalue weighted by atomic mass is 16.4. The lowest BCUT2D eigenvalue weighted by Gasteiger charge is -2.18. The van der Waals surface area contributed by atoms with Crippen molar-refractivity contribution in [3.63, 3.8) is 0 Å². The summed E-state index contributed by atoms with van der Waals surface area (Å²) in [6.45, 7) is 3.52. The van der Waals surface area contributed by atoms with Crippen LogP contribution >= 0.6 is 0 Å². The van der Waals surface area contributed by atoms with Crippen LogP contribution in [0.5, 0.6) is 0 Å². The summed E-state index contributed by atoms with van der Waals surface area (Å²) in [5, 5.41) is 14.8. The molecule has 0 fully saturated rings. The number of hydrogen-bond acceptors (Lipinski definition) is 6. The molecule has 6 heteroatoms. The molecule has 21 heavy (non-hydrogen) atoms. The van der Waals surface area contributed by atoms with Gasteiger partial charge in [-0.2, -0.15) is 0 Å². The largest absolute Gasteiger partial charge is 0.548 e. The molecule has 1 atom stereocenters. The van der Waals surface area contributed by atoms with Gasteiger partial charge in [0.2, 0.25) is 0 Å². The van der Waals surface area contributed by atoms with Crippen LogP contribution in [0.4, 0.5) is 5.82 Å². The minimum Gasteiger partial charge on any atom is -0.548 e. The summed E-state index contributed by atoms with van der Waals surface area (Å²) in [5.41, 5.74) is 1.83. The number of benzene rings is 1. The number of para-hydroxylation sites is 1. The molecule has 108 valence electrons. The first-order valence-corrected chi connectivity index (χ1v) is 6.73. The molecule has 0 radical (unpaired) electrons. The summed E-state index contributed by atoms with van der Waals surface area (Å²) in [6.07, 6.45) is 0.382. The topological polar surface area (TPSA) is 91.1 Å². The first-order valence-electron chi connectivity index (χ1n) is 6.73. The Labute approximate surface area is 120 Å². The molecule has 0 saturated carbocycles. The van der Waals surface area contributed by atoms with Gasteiger partial charge in [-0.3, -0.25) is 0 Å². The fourth-order valence-corrected chi connectivity index (χ4v) is 2.29. The van der Waals surface area contributed by atoms with E-state index in [0.29, 0.717) is 34.7 Å². The van der Waals surface area contributed by atoms with Crippen LogP contribution in [0.2, 0.25) is 0 Å². The van der Waals surface area contributed by atoms with Gasteiger partial charge in [0.05, 0.1) is 12.0 Å². The predicted molar refractivity (Wildman–Crippen MR) is 76.8 cm³/mol. The zero-order valence-corrected chi connectivity index (χ0v) is 11.7. The third-order valence-electron chi connectivity index (χ3n) is 3.34. The SMILES string of the molecule is CC[C@@H](Nc1nc(C)nc2c1oc1ccccc12)C(=O)[O-]. The third kappa shape index (κ3) is 2.29. The summed E-state index contributed by atoms with van der Waals surface area (Å²) in [7, 11) is 0. The molecular weight excluding hydrogens is 270 g/mol. The summed E-state index contributed by atoms with van der Waals surface area (Å²) in [4.78, 5) is 19.7. The molecule has 1 N–H and O–H groups in total. The first kappa shape index (κ1) is 13.4. The van der Waals surface area contributed by atoms with Crippen molar-refractivity contribution < 1.29 is 14.3 Å². The summed E-state index contributed by atoms with van der Waals surface area (Å²) in [6, 6.07) is 6.70. The van der Waals surface area contributed by atoms with E-state index in [4.69, 9.17) is 4.42 Å². The van der Waals surface area contributed by atoms with E-state index in [1.807, 2.05) is 24.3 Å². The summed E-state index contributed by atoms with van der Waals surface area (Å²) < 4.78 is 5.76. The predicted octanol–water partition coefficient (Wildman–Crippen LogP) is 1.62. The number of carboxylic acid groups (broad SMARTS) is 1. The van der Waals surface area contributed by atoms with Crippen LogP contribution in [-0.4, -0.2) is 22.0 Å². The molecule has 0 bridgehead atoms. The Morgan fingerprint density at radius 2 is 2.14 bits per heavy atom. The normalized spacial score (nSPS) is 12.7. The van der Waals surface area contributed by atoms with Gasteiger partial charge in [-0.1, -0.05) is 19.1 Å². The summed E-state index contributed by atoms with van der Waals surface area (Å²) in [5.74, 6) is -0.243. The fourth-order valence-electron chi connectivity index (χ4n) is 2.29. The quantitative estimate of drug-likeness (QED) is 0.783. The van der Waals surface area contributed by atoms with Gasteiger partial charge >= 0.3 is 0 Å². The van der Waals surface area contributed by atoms with Crippen molar-refractivity contribution in [1.82, 2.24) is 9.97 Å². The number of aryl methyl sites for hydroxylation is 1. The van der Waals surface area contributed by atoms with Crippen LogP contribution in [0.25, 0.3) is 22.1 Å². The number of aromatic nitrogens is 2. The van der Waals surface area contributed by atoms with Gasteiger partial charge in [-0.05, 0) is 25.5 Å². The van der Waals surface area contributed by atoms with Gasteiger partial charge in [0.15, 0.2) is 11.4 Å². The van der Waals surface area contributed by atoms with Crippen molar-refractivity contribution in [3.8, 4) is 0 Å². The monoisotopic (exact) mass is 284 g/mol. The Morgan fingerprint density at radius 1 is 1.38 bits per heavy atom. The molecule has 3 aromatic rings. The van der Waals surface area contributed by atoms with Crippen LogP contribution in [0.15, 0.2) is 28.7 Å². The van der Waals surface area contributed by atoms with Crippen molar-refractivity contribution >= 4 is 33.9 Å². The molecule has 6 nitrogen and oxygen atoms in total. The smallest absolute Gasteiger partial charge is 0.196 e. The number of carboxylic acids is 1. The maximum Gasteiger partial charge on any atom is 0.196 e. The first-order chi connectivity index (χ1) is 10.1. The van der Waals surface area contributed by atoms with E-state index < -0.39 is 12.0 Å². The van der Waals surface area contributed by atoms with E-state index in [1.165, 1.54) is 0 Å². The van der Waals surface area contributed by atoms with Gasteiger partial charge < -0.3 is 19.6 Å². The maximum absolute atomic E-state index is 11.1. The van der Waals surface area contributed by atoms with E-state index in [0.717, 1.165) is 5.39 Å². The van der Waals surface area contributed by atoms with Crippen molar-refractivity contribution in [1.29, 1.82) is 0 Å². The molecule has 0 amide bonds. The van der Waals surface area contributed by atoms with Crippen LogP contribution in [0, 0.1) is 6.92 Å². The number of anilines is 1. The van der Waals surface area contributed by atoms with Crippen LogP contribution in [-0.2, 0) is 4.79 Å². The Balaban J connectivity index is 2.20. The Hall–Kier alpha value is -2.63. The molecule has 0 aliphatic rings. The van der Waals surface area contributed by atoms with Gasteiger partial charge in [0, 0.05) is 5.39 Å². The molecule has 2 aromatic heterocycles. The zero-order valence-electron chi connectivity index (χ0n) is 11.7. The highest BCUT2D eigenvalue weighted by Crippen LogP contribution is 2.31. The maximum atomic E-state index is 11.1. The second-order valence-corrected chi connectivity index (χ2v) is 4.82. The molecule has 1 aromatic carbocycles. The van der Waals surface area contributed by atoms with E-state index in [1.54, 1.807) is 13.8 Å². The number of furan rings is 1. The minimum absolute atomic E-state index is 0.379. The summed E-state index contributed by atoms with van der Waals surface area (Å²) >= 11 is 0. The van der Waals surface area contributed by atoms with Gasteiger partial charge in [0.1, 0.15) is 16.9 Å². The second kappa shape index (κ2) is 5.05. The molecule has 3 rings (SSSR count). The number of carbonyl (C=O) groups is 1. The number of rotatable bonds is 4. The Bertz CT molecular complexity index is 826. The average Bonchev–Trinajstić information content (AvgIpc) is 2.83. The van der Waals surface area contributed by atoms with Crippen LogP contribution < -0.4 is 10.4 Å². The van der Waals surface area contributed by atoms with Crippen molar-refractivity contribution in [2.75, 3.05) is 5.32 Å². The Morgan fingerprint density at radius 3 is 2.86 bits per heavy atom. The van der Waals surface area contributed by atoms with E-state index in [2.05, 4.69) is 15.3 Å². The number of fused-ring (bicyclic) bond motifs is 3. The van der Waals surface area contributed by atoms with Crippen LogP contribution in [0.3, 0.4) is 0 Å². The van der Waals surface area contributed by atoms with E-state index in [-0.39, 0.29) is 0 Å². The van der Waals surface area contributed by atoms with Crippen LogP contribution in [0.1, 0.15) is 19.2 Å². The third-order valence-corrected chi connectivity index (χ3v) is 3.34. The second-order valence-electron chi connectivity index (χ2n) is 4.82. The number of nitrogens with one attached hydrogen (secondary N) is 1. The molecule has 2 heterocycles. The highest BCUT2D eigenvalue weighted by Gasteiger charge is 2.17. The average molecular weight is 284 g/mol. The van der Waals surface area contributed by atoms with Crippen molar-refractivity contribution in [2.24, 2.45) is 0 Å². The fraction of sp³-hybridized carbons (Fsp3) is 0.267. The van der Waals surface area contributed by atoms with Crippen molar-refractivity contribution in [3.05, 3.63) is 30.1 Å². The molecule has 0 aliphatic heterocycles. The molecular formula is C15H14N3O3-. The Kier molecular flexibility index (Phi) is 3.21. The zero-order chi connectivity index (χ0) is 15.0. The number of carbonyl (C=O) groups excluding carboxylic acids is 1. The number of nitrogens with zero attached hydrogens (tertiary/aromatic N) is 2. The number of aliphatic carboxylic acids is 1. The minimum atomic E-state index is -1.17. The standard InChI is InChI=1S/C15H15N3O3/c1-3-10(15(19)20)18-14-13-12(16-8(2)17-14)9-6-4-5-7-11(9)21-13/h4-7,10H,3H2,1-2H3,(H,19,20)(H,16,17,18)/p-1/t10-/m1/s1. The number of hydrogen-bond donors (Lipinski definition) is 1. The molecule has 0 unspecified atom stereocenters. The van der Waals surface area contributed by atoms with Gasteiger partial charge in [-0.15, -0.1) is 0 Å². The van der Waals surface area contributed by atoms with Gasteiger partial charge in [0.25, 0.3) is 0 Å². The van der Waals surface area contributed by atoms with Gasteiger partial charge in [-0.25, -0.2) is 9.97 Å². The lowest BCUT2D eigenvalue weighted by molar-refractivity contribution is -0.306. The highest BCUT2D eigenvalue weighted by molar-refractivity contribution is 6.05. The van der Waals surface area contributed by atoms with E-state index >= 15 is 0 Å². The molecule has 0 spiro atoms. The lowest BCUT2D eigenvalue weighted by Crippen LogP contribution is -2.40. The van der Waals surface area contributed by atoms with Crippen molar-refractivity contribution in [2.45, 2.75) is 26.3 Å². The lowest BCUT2D eigenvalue weighted by atomic mass is 10.2.